The minimum absolute atomic E-state index is 0.0609. The molecule has 0 radical (unpaired) electrons. The van der Waals surface area contributed by atoms with Crippen LogP contribution < -0.4 is 5.56 Å². The zero-order chi connectivity index (χ0) is 27.6. The molecular weight excluding hydrogens is 509 g/mol. The summed E-state index contributed by atoms with van der Waals surface area (Å²) in [4.78, 5) is 34.4. The Balaban J connectivity index is 1.41. The number of rotatable bonds is 5. The standard InChI is InChI=1S/C29H27F3N4O3/c1-35-25(23-11-6-14-33-27(23)37)24(21-9-5-10-22(17-21)29(30,31)32)34-26(35)20-12-15-36(16-13-20)28(38)39-18-19-7-3-2-4-8-19/h2-11,14,17,20H,12-13,15-16,18H2,1H3,(H,33,37). The van der Waals surface area contributed by atoms with E-state index in [-0.39, 0.29) is 23.6 Å². The summed E-state index contributed by atoms with van der Waals surface area (Å²) in [5, 5.41) is 0. The quantitative estimate of drug-likeness (QED) is 0.341. The molecule has 3 heterocycles. The summed E-state index contributed by atoms with van der Waals surface area (Å²) in [5.74, 6) is 0.590. The van der Waals surface area contributed by atoms with Gasteiger partial charge in [0.25, 0.3) is 5.56 Å². The van der Waals surface area contributed by atoms with Crippen LogP contribution in [0.15, 0.2) is 77.7 Å². The number of likely N-dealkylation sites (tertiary alicyclic amines) is 1. The second-order valence-electron chi connectivity index (χ2n) is 9.52. The van der Waals surface area contributed by atoms with E-state index in [1.807, 2.05) is 30.3 Å². The lowest BCUT2D eigenvalue weighted by molar-refractivity contribution is -0.137. The van der Waals surface area contributed by atoms with Crippen molar-refractivity contribution in [3.63, 3.8) is 0 Å². The maximum Gasteiger partial charge on any atom is 0.416 e. The van der Waals surface area contributed by atoms with Crippen LogP contribution >= 0.6 is 0 Å². The molecule has 0 atom stereocenters. The third-order valence-corrected chi connectivity index (χ3v) is 6.99. The molecule has 1 amide bonds. The number of hydrogen-bond donors (Lipinski definition) is 1. The van der Waals surface area contributed by atoms with Crippen LogP contribution in [-0.4, -0.2) is 38.6 Å². The smallest absolute Gasteiger partial charge is 0.416 e. The summed E-state index contributed by atoms with van der Waals surface area (Å²) >= 11 is 0. The number of ether oxygens (including phenoxy) is 1. The fraction of sp³-hybridized carbons (Fsp3) is 0.276. The van der Waals surface area contributed by atoms with Crippen LogP contribution in [0.1, 0.15) is 35.7 Å². The Hall–Kier alpha value is -4.34. The van der Waals surface area contributed by atoms with Crippen LogP contribution in [0.4, 0.5) is 18.0 Å². The largest absolute Gasteiger partial charge is 0.445 e. The summed E-state index contributed by atoms with van der Waals surface area (Å²) in [6.45, 7) is 1.09. The third-order valence-electron chi connectivity index (χ3n) is 6.99. The molecule has 0 bridgehead atoms. The van der Waals surface area contributed by atoms with Crippen molar-refractivity contribution in [3.05, 3.63) is 100 Å². The van der Waals surface area contributed by atoms with Crippen molar-refractivity contribution in [2.24, 2.45) is 7.05 Å². The molecule has 1 aliphatic heterocycles. The average Bonchev–Trinajstić information content (AvgIpc) is 3.29. The van der Waals surface area contributed by atoms with Crippen LogP contribution in [0.2, 0.25) is 0 Å². The molecule has 0 aliphatic carbocycles. The van der Waals surface area contributed by atoms with Crippen molar-refractivity contribution in [2.75, 3.05) is 13.1 Å². The van der Waals surface area contributed by atoms with Crippen LogP contribution in [0.25, 0.3) is 22.5 Å². The van der Waals surface area contributed by atoms with E-state index >= 15 is 0 Å². The summed E-state index contributed by atoms with van der Waals surface area (Å²) in [7, 11) is 1.77. The maximum absolute atomic E-state index is 13.5. The van der Waals surface area contributed by atoms with E-state index in [4.69, 9.17) is 9.72 Å². The first-order valence-corrected chi connectivity index (χ1v) is 12.6. The minimum atomic E-state index is -4.51. The molecule has 2 aromatic heterocycles. The lowest BCUT2D eigenvalue weighted by Gasteiger charge is -2.31. The molecule has 39 heavy (non-hydrogen) atoms. The van der Waals surface area contributed by atoms with Gasteiger partial charge in [-0.25, -0.2) is 9.78 Å². The highest BCUT2D eigenvalue weighted by atomic mass is 19.4. The number of halogens is 3. The molecule has 1 fully saturated rings. The van der Waals surface area contributed by atoms with E-state index in [2.05, 4.69) is 4.98 Å². The number of carbonyl (C=O) groups excluding carboxylic acids is 1. The Morgan fingerprint density at radius 2 is 1.79 bits per heavy atom. The van der Waals surface area contributed by atoms with Crippen molar-refractivity contribution in [1.29, 1.82) is 0 Å². The Kier molecular flexibility index (Phi) is 7.28. The molecule has 10 heteroatoms. The summed E-state index contributed by atoms with van der Waals surface area (Å²) in [6.07, 6.45) is -2.21. The zero-order valence-electron chi connectivity index (χ0n) is 21.2. The first kappa shape index (κ1) is 26.3. The van der Waals surface area contributed by atoms with Gasteiger partial charge in [0.15, 0.2) is 0 Å². The summed E-state index contributed by atoms with van der Waals surface area (Å²) in [6, 6.07) is 17.7. The van der Waals surface area contributed by atoms with Crippen molar-refractivity contribution in [3.8, 4) is 22.5 Å². The Morgan fingerprint density at radius 1 is 1.05 bits per heavy atom. The van der Waals surface area contributed by atoms with Gasteiger partial charge in [-0.05, 0) is 42.7 Å². The molecule has 2 aromatic carbocycles. The Bertz CT molecular complexity index is 1520. The number of imidazole rings is 1. The second kappa shape index (κ2) is 10.8. The van der Waals surface area contributed by atoms with Gasteiger partial charge in [-0.1, -0.05) is 42.5 Å². The predicted molar refractivity (Wildman–Crippen MR) is 140 cm³/mol. The number of carbonyl (C=O) groups is 1. The molecule has 4 aromatic rings. The maximum atomic E-state index is 13.5. The number of hydrogen-bond acceptors (Lipinski definition) is 4. The fourth-order valence-corrected chi connectivity index (χ4v) is 4.97. The number of benzene rings is 2. The van der Waals surface area contributed by atoms with Gasteiger partial charge >= 0.3 is 12.3 Å². The lowest BCUT2D eigenvalue weighted by atomic mass is 9.96. The van der Waals surface area contributed by atoms with Gasteiger partial charge in [-0.2, -0.15) is 13.2 Å². The van der Waals surface area contributed by atoms with Crippen LogP contribution in [0, 0.1) is 0 Å². The number of amides is 1. The first-order chi connectivity index (χ1) is 18.7. The summed E-state index contributed by atoms with van der Waals surface area (Å²) < 4.78 is 47.7. The van der Waals surface area contributed by atoms with Crippen molar-refractivity contribution < 1.29 is 22.7 Å². The van der Waals surface area contributed by atoms with Gasteiger partial charge in [0, 0.05) is 37.8 Å². The normalized spacial score (nSPS) is 14.4. The van der Waals surface area contributed by atoms with E-state index in [9.17, 15) is 22.8 Å². The van der Waals surface area contributed by atoms with Gasteiger partial charge in [0.05, 0.1) is 22.5 Å². The lowest BCUT2D eigenvalue weighted by Crippen LogP contribution is -2.38. The minimum Gasteiger partial charge on any atom is -0.445 e. The van der Waals surface area contributed by atoms with Crippen LogP contribution in [-0.2, 0) is 24.6 Å². The second-order valence-corrected chi connectivity index (χ2v) is 9.52. The SMILES string of the molecule is Cn1c(C2CCN(C(=O)OCc3ccccc3)CC2)nc(-c2cccc(C(F)(F)F)c2)c1-c1ccc[nH]c1=O. The van der Waals surface area contributed by atoms with Gasteiger partial charge in [0.1, 0.15) is 12.4 Å². The molecule has 7 nitrogen and oxygen atoms in total. The van der Waals surface area contributed by atoms with Gasteiger partial charge in [-0.3, -0.25) is 4.79 Å². The number of alkyl halides is 3. The van der Waals surface area contributed by atoms with Gasteiger partial charge in [-0.15, -0.1) is 0 Å². The van der Waals surface area contributed by atoms with E-state index < -0.39 is 17.8 Å². The molecule has 1 N–H and O–H groups in total. The topological polar surface area (TPSA) is 80.2 Å². The summed E-state index contributed by atoms with van der Waals surface area (Å²) in [5.41, 5.74) is 1.08. The fourth-order valence-electron chi connectivity index (χ4n) is 4.97. The molecule has 5 rings (SSSR count). The van der Waals surface area contributed by atoms with Gasteiger partial charge < -0.3 is 19.2 Å². The molecule has 1 saturated heterocycles. The van der Waals surface area contributed by atoms with E-state index in [1.165, 1.54) is 12.3 Å². The van der Waals surface area contributed by atoms with Crippen LogP contribution in [0.5, 0.6) is 0 Å². The molecule has 1 aliphatic rings. The predicted octanol–water partition coefficient (Wildman–Crippen LogP) is 5.98. The molecular formula is C29H27F3N4O3. The van der Waals surface area contributed by atoms with Crippen molar-refractivity contribution in [1.82, 2.24) is 19.4 Å². The monoisotopic (exact) mass is 536 g/mol. The molecule has 202 valence electrons. The van der Waals surface area contributed by atoms with E-state index in [0.29, 0.717) is 48.7 Å². The van der Waals surface area contributed by atoms with Gasteiger partial charge in [0.2, 0.25) is 0 Å². The van der Waals surface area contributed by atoms with Crippen LogP contribution in [0.3, 0.4) is 0 Å². The number of piperidine rings is 1. The number of aromatic nitrogens is 3. The zero-order valence-corrected chi connectivity index (χ0v) is 21.2. The van der Waals surface area contributed by atoms with Crippen molar-refractivity contribution >= 4 is 6.09 Å². The molecule has 0 spiro atoms. The van der Waals surface area contributed by atoms with E-state index in [0.717, 1.165) is 17.7 Å². The van der Waals surface area contributed by atoms with E-state index in [1.54, 1.807) is 34.7 Å². The number of H-pyrrole nitrogens is 1. The number of nitrogens with one attached hydrogen (secondary N) is 1. The average molecular weight is 537 g/mol. The Labute approximate surface area is 222 Å². The molecule has 0 saturated carbocycles. The number of pyridine rings is 1. The first-order valence-electron chi connectivity index (χ1n) is 12.6. The number of nitrogens with zero attached hydrogens (tertiary/aromatic N) is 3. The highest BCUT2D eigenvalue weighted by molar-refractivity contribution is 5.79. The molecule has 0 unspecified atom stereocenters. The highest BCUT2D eigenvalue weighted by Crippen LogP contribution is 2.38. The highest BCUT2D eigenvalue weighted by Gasteiger charge is 2.33. The Morgan fingerprint density at radius 3 is 2.49 bits per heavy atom. The van der Waals surface area contributed by atoms with Crippen molar-refractivity contribution in [2.45, 2.75) is 31.5 Å². The third kappa shape index (κ3) is 5.59. The number of aromatic amines is 1.